The zero-order chi connectivity index (χ0) is 25.9. The van der Waals surface area contributed by atoms with Gasteiger partial charge < -0.3 is 41.4 Å². The maximum Gasteiger partial charge on any atom is 0.198 e. The number of aliphatic hydroxyl groups excluding tert-OH is 2. The zero-order valence-corrected chi connectivity index (χ0v) is 19.8. The summed E-state index contributed by atoms with van der Waals surface area (Å²) in [5.41, 5.74) is 11.3. The van der Waals surface area contributed by atoms with Crippen LogP contribution in [-0.4, -0.2) is 68.7 Å². The van der Waals surface area contributed by atoms with Crippen LogP contribution in [0, 0.1) is 0 Å². The first-order chi connectivity index (χ1) is 17.1. The van der Waals surface area contributed by atoms with E-state index in [0.717, 1.165) is 0 Å². The Hall–Kier alpha value is -2.86. The van der Waals surface area contributed by atoms with Crippen molar-refractivity contribution in [1.29, 1.82) is 0 Å². The summed E-state index contributed by atoms with van der Waals surface area (Å²) in [6.07, 6.45) is -2.73. The summed E-state index contributed by atoms with van der Waals surface area (Å²) in [5, 5.41) is 42.8. The highest BCUT2D eigenvalue weighted by atomic mass is 16.7. The van der Waals surface area contributed by atoms with Crippen molar-refractivity contribution in [2.45, 2.75) is 68.8 Å². The van der Waals surface area contributed by atoms with Crippen molar-refractivity contribution in [2.75, 3.05) is 6.61 Å². The molecule has 1 heterocycles. The lowest BCUT2D eigenvalue weighted by Gasteiger charge is -2.44. The Morgan fingerprint density at radius 3 is 2.31 bits per heavy atom. The second-order valence-corrected chi connectivity index (χ2v) is 10.1. The fourth-order valence-electron chi connectivity index (χ4n) is 5.59. The van der Waals surface area contributed by atoms with E-state index in [1.54, 1.807) is 12.1 Å². The van der Waals surface area contributed by atoms with Crippen LogP contribution in [-0.2, 0) is 15.9 Å². The molecule has 36 heavy (non-hydrogen) atoms. The third kappa shape index (κ3) is 3.81. The summed E-state index contributed by atoms with van der Waals surface area (Å²) >= 11 is 0. The monoisotopic (exact) mass is 498 g/mol. The van der Waals surface area contributed by atoms with Gasteiger partial charge in [0.25, 0.3) is 0 Å². The molecule has 0 bridgehead atoms. The van der Waals surface area contributed by atoms with Gasteiger partial charge in [0, 0.05) is 40.3 Å². The smallest absolute Gasteiger partial charge is 0.198 e. The molecule has 10 heteroatoms. The van der Waals surface area contributed by atoms with Crippen LogP contribution >= 0.6 is 0 Å². The Balaban J connectivity index is 1.66. The molecule has 0 radical (unpaired) electrons. The topological polar surface area (TPSA) is 186 Å². The molecule has 1 fully saturated rings. The van der Waals surface area contributed by atoms with Crippen LogP contribution < -0.4 is 11.5 Å². The highest BCUT2D eigenvalue weighted by Gasteiger charge is 2.47. The number of hydrogen-bond donors (Lipinski definition) is 6. The predicted octanol–water partition coefficient (Wildman–Crippen LogP) is 0.780. The van der Waals surface area contributed by atoms with Gasteiger partial charge in [0.1, 0.15) is 11.5 Å². The lowest BCUT2D eigenvalue weighted by atomic mass is 9.70. The number of carbonyl (C=O) groups is 2. The van der Waals surface area contributed by atoms with Gasteiger partial charge in [-0.1, -0.05) is 24.3 Å². The number of nitrogens with two attached hydrogens (primary N) is 2. The van der Waals surface area contributed by atoms with Gasteiger partial charge in [0.15, 0.2) is 17.9 Å². The Bertz CT molecular complexity index is 1240. The van der Waals surface area contributed by atoms with Crippen LogP contribution in [0.2, 0.25) is 0 Å². The van der Waals surface area contributed by atoms with Crippen molar-refractivity contribution in [1.82, 2.24) is 0 Å². The van der Waals surface area contributed by atoms with Gasteiger partial charge in [-0.25, -0.2) is 0 Å². The van der Waals surface area contributed by atoms with E-state index in [1.165, 1.54) is 19.1 Å². The van der Waals surface area contributed by atoms with Crippen molar-refractivity contribution in [3.63, 3.8) is 0 Å². The number of hydrogen-bond acceptors (Lipinski definition) is 10. The molecule has 10 nitrogen and oxygen atoms in total. The summed E-state index contributed by atoms with van der Waals surface area (Å²) in [6, 6.07) is 5.91. The molecular formula is C26H30N2O8. The van der Waals surface area contributed by atoms with E-state index < -0.39 is 53.2 Å². The third-order valence-electron chi connectivity index (χ3n) is 7.61. The minimum absolute atomic E-state index is 0.0288. The van der Waals surface area contributed by atoms with Crippen LogP contribution in [0.4, 0.5) is 0 Å². The molecule has 5 rings (SSSR count). The lowest BCUT2D eigenvalue weighted by Crippen LogP contribution is -2.55. The molecule has 1 aliphatic heterocycles. The van der Waals surface area contributed by atoms with Crippen molar-refractivity contribution < 1.29 is 39.5 Å². The van der Waals surface area contributed by atoms with Crippen LogP contribution in [0.1, 0.15) is 75.3 Å². The first-order valence-electron chi connectivity index (χ1n) is 12.0. The number of rotatable bonds is 4. The van der Waals surface area contributed by atoms with Crippen molar-refractivity contribution in [2.24, 2.45) is 11.5 Å². The molecule has 2 aliphatic carbocycles. The van der Waals surface area contributed by atoms with Gasteiger partial charge in [-0.3, -0.25) is 9.59 Å². The Morgan fingerprint density at radius 2 is 1.72 bits per heavy atom. The molecule has 8 N–H and O–H groups in total. The summed E-state index contributed by atoms with van der Waals surface area (Å²) < 4.78 is 12.0. The largest absolute Gasteiger partial charge is 0.507 e. The van der Waals surface area contributed by atoms with Gasteiger partial charge in [-0.2, -0.15) is 0 Å². The van der Waals surface area contributed by atoms with Crippen molar-refractivity contribution >= 4 is 11.6 Å². The first kappa shape index (κ1) is 24.8. The van der Waals surface area contributed by atoms with E-state index in [9.17, 15) is 30.0 Å². The zero-order valence-electron chi connectivity index (χ0n) is 19.8. The highest BCUT2D eigenvalue weighted by Crippen LogP contribution is 2.51. The van der Waals surface area contributed by atoms with Gasteiger partial charge in [0.2, 0.25) is 0 Å². The van der Waals surface area contributed by atoms with Gasteiger partial charge in [0.05, 0.1) is 36.0 Å². The van der Waals surface area contributed by atoms with Crippen molar-refractivity contribution in [3.05, 3.63) is 57.6 Å². The Labute approximate surface area is 207 Å². The van der Waals surface area contributed by atoms with E-state index in [2.05, 4.69) is 0 Å². The number of phenols is 2. The molecule has 2 aromatic carbocycles. The molecule has 1 unspecified atom stereocenters. The lowest BCUT2D eigenvalue weighted by molar-refractivity contribution is -0.230. The fourth-order valence-corrected chi connectivity index (χ4v) is 5.59. The number of ketones is 2. The number of ether oxygens (including phenoxy) is 2. The maximum atomic E-state index is 13.4. The maximum absolute atomic E-state index is 13.4. The third-order valence-corrected chi connectivity index (χ3v) is 7.61. The van der Waals surface area contributed by atoms with E-state index in [-0.39, 0.29) is 58.9 Å². The molecule has 2 aromatic rings. The molecule has 0 spiro atoms. The Kier molecular flexibility index (Phi) is 6.14. The first-order valence-corrected chi connectivity index (χ1v) is 12.0. The normalized spacial score (nSPS) is 30.4. The van der Waals surface area contributed by atoms with E-state index in [4.69, 9.17) is 20.9 Å². The average Bonchev–Trinajstić information content (AvgIpc) is 2.84. The number of aliphatic hydroxyl groups is 2. The molecule has 1 saturated heterocycles. The quantitative estimate of drug-likeness (QED) is 0.281. The number of carbonyl (C=O) groups excluding carboxylic acids is 2. The van der Waals surface area contributed by atoms with Crippen LogP contribution in [0.5, 0.6) is 11.5 Å². The average molecular weight is 499 g/mol. The number of fused-ring (bicyclic) bond motifs is 3. The van der Waals surface area contributed by atoms with E-state index >= 15 is 0 Å². The highest BCUT2D eigenvalue weighted by molar-refractivity contribution is 6.30. The fraction of sp³-hybridized carbons (Fsp3) is 0.462. The number of phenolic OH excluding ortho intramolecular Hbond substituents is 2. The van der Waals surface area contributed by atoms with Gasteiger partial charge >= 0.3 is 0 Å². The number of benzene rings is 2. The minimum Gasteiger partial charge on any atom is -0.507 e. The SMILES string of the molecule is CC(O)[C@]1(N)Cc2c(O)c3c(c(O)c2[C@@H](O[C@H]2C[C@H](N)C[C@@H](CO)O2)C1)C(=O)c1ccccc1C3=O. The van der Waals surface area contributed by atoms with Crippen molar-refractivity contribution in [3.8, 4) is 11.5 Å². The molecule has 6 atom stereocenters. The predicted molar refractivity (Wildman–Crippen MR) is 127 cm³/mol. The molecular weight excluding hydrogens is 468 g/mol. The van der Waals surface area contributed by atoms with E-state index in [1.807, 2.05) is 0 Å². The standard InChI is InChI=1S/C26H30N2O8/c1-11(30)26(28)8-16-19(17(9-26)36-18-7-12(27)6-13(10-29)35-18)25(34)21-20(24(16)33)22(31)14-4-2-3-5-15(14)23(21)32/h2-5,11-13,17-18,29-30,33-34H,6-10,27-28H2,1H3/t11?,12-,13+,17+,18+,26+/m1/s1. The second-order valence-electron chi connectivity index (χ2n) is 10.1. The molecule has 0 saturated carbocycles. The van der Waals surface area contributed by atoms with E-state index in [0.29, 0.717) is 12.8 Å². The van der Waals surface area contributed by atoms with Crippen LogP contribution in [0.15, 0.2) is 24.3 Å². The Morgan fingerprint density at radius 1 is 1.11 bits per heavy atom. The minimum atomic E-state index is -1.28. The molecule has 0 amide bonds. The summed E-state index contributed by atoms with van der Waals surface area (Å²) in [7, 11) is 0. The van der Waals surface area contributed by atoms with Crippen LogP contribution in [0.3, 0.4) is 0 Å². The van der Waals surface area contributed by atoms with Gasteiger partial charge in [-0.05, 0) is 26.2 Å². The van der Waals surface area contributed by atoms with Crippen LogP contribution in [0.25, 0.3) is 0 Å². The molecule has 0 aromatic heterocycles. The second kappa shape index (κ2) is 8.91. The summed E-state index contributed by atoms with van der Waals surface area (Å²) in [6.45, 7) is 1.26. The summed E-state index contributed by atoms with van der Waals surface area (Å²) in [5.74, 6) is -2.12. The number of aromatic hydroxyl groups is 2. The van der Waals surface area contributed by atoms with Gasteiger partial charge in [-0.15, -0.1) is 0 Å². The molecule has 192 valence electrons. The summed E-state index contributed by atoms with van der Waals surface area (Å²) in [4.78, 5) is 26.7. The molecule has 3 aliphatic rings.